The Morgan fingerprint density at radius 3 is 0.592 bits per heavy atom. The molecule has 16 aromatic rings. The van der Waals surface area contributed by atoms with Crippen molar-refractivity contribution >= 4 is 86.7 Å². The summed E-state index contributed by atoms with van der Waals surface area (Å²) < 4.78 is 0. The van der Waals surface area contributed by atoms with Crippen LogP contribution >= 0.6 is 0 Å². The molecule has 0 atom stereocenters. The molecule has 0 saturated heterocycles. The van der Waals surface area contributed by atoms with Crippen LogP contribution in [0.25, 0.3) is 132 Å². The van der Waals surface area contributed by atoms with E-state index in [9.17, 15) is 0 Å². The number of nitrogens with one attached hydrogen (secondary N) is 4. The molecule has 8 heteroatoms. The normalized spacial score (nSPS) is 10.7. The second kappa shape index (κ2) is 23.5. The molecular weight excluding hydrogens is 1040 g/mol. The molecule has 4 nitrogen and oxygen atoms in total. The van der Waals surface area contributed by atoms with E-state index in [1.54, 1.807) is 0 Å². The van der Waals surface area contributed by atoms with Gasteiger partial charge in [-0.2, -0.15) is 0 Å². The zero-order valence-corrected chi connectivity index (χ0v) is 45.8. The summed E-state index contributed by atoms with van der Waals surface area (Å²) in [7, 11) is 0. The Morgan fingerprint density at radius 1 is 0.211 bits per heavy atom. The number of fused-ring (bicyclic) bond motifs is 8. The fourth-order valence-corrected chi connectivity index (χ4v) is 10.1. The zero-order chi connectivity index (χ0) is 47.8. The Balaban J connectivity index is 0.000000122. The Labute approximate surface area is 482 Å². The number of para-hydroxylation sites is 4. The van der Waals surface area contributed by atoms with Gasteiger partial charge in [-0.15, -0.1) is 138 Å². The molecule has 364 valence electrons. The van der Waals surface area contributed by atoms with Crippen LogP contribution in [0.1, 0.15) is 0 Å². The number of hydrogen-bond acceptors (Lipinski definition) is 0. The third-order valence-electron chi connectivity index (χ3n) is 13.8. The van der Waals surface area contributed by atoms with Crippen molar-refractivity contribution in [3.05, 3.63) is 267 Å². The second-order valence-corrected chi connectivity index (χ2v) is 18.6. The molecule has 0 spiro atoms. The van der Waals surface area contributed by atoms with Crippen LogP contribution in [0.5, 0.6) is 0 Å². The molecule has 16 rings (SSSR count). The predicted octanol–water partition coefficient (Wildman–Crippen LogP) is 12.8. The molecule has 0 aliphatic rings. The summed E-state index contributed by atoms with van der Waals surface area (Å²) in [5, 5.41) is 15.4. The van der Waals surface area contributed by atoms with E-state index in [4.69, 9.17) is 0 Å². The van der Waals surface area contributed by atoms with Crippen LogP contribution in [0.3, 0.4) is 0 Å². The Hall–Kier alpha value is -7.63. The van der Waals surface area contributed by atoms with Gasteiger partial charge in [0.15, 0.2) is 0 Å². The minimum Gasteiger partial charge on any atom is -1.00 e. The van der Waals surface area contributed by atoms with Crippen LogP contribution in [0.2, 0.25) is 0 Å². The van der Waals surface area contributed by atoms with Crippen molar-refractivity contribution < 1.29 is 68.2 Å². The topological polar surface area (TPSA) is 63.2 Å². The minimum absolute atomic E-state index is 0. The predicted molar refractivity (Wildman–Crippen MR) is 307 cm³/mol. The first-order valence-corrected chi connectivity index (χ1v) is 24.5. The molecule has 0 amide bonds. The van der Waals surface area contributed by atoms with E-state index >= 15 is 0 Å². The molecule has 0 radical (unpaired) electrons. The van der Waals surface area contributed by atoms with Crippen molar-refractivity contribution in [2.24, 2.45) is 0 Å². The number of hydrogen-bond donors (Lipinski definition) is 4. The maximum atomic E-state index is 3.47. The van der Waals surface area contributed by atoms with E-state index in [0.29, 0.717) is 0 Å². The first-order chi connectivity index (χ1) is 35.6. The summed E-state index contributed by atoms with van der Waals surface area (Å²) >= 11 is 0. The minimum atomic E-state index is 0. The average Bonchev–Trinajstić information content (AvgIpc) is 4.29. The van der Waals surface area contributed by atoms with Gasteiger partial charge >= 0.3 is 43.4 Å². The molecular formula is C68H48Cl2N4Ti2-2. The van der Waals surface area contributed by atoms with Gasteiger partial charge in [0, 0.05) is 22.1 Å². The SMILES string of the molecule is [Cl-].[Cl-].[Ti+2].[Ti+2].c1ccc2[cH-]c(-c3cc4ccccc4[nH]3)cc2c1.c1ccc2[cH-]c(-c3cc4ccccc4[nH]3)cc2c1.c1ccc2[cH-]c(-c3cc4ccccc4[nH]3)cc2c1.c1ccc2[cH-]c(-c3cc4ccccc4[nH]3)cc2c1. The van der Waals surface area contributed by atoms with Gasteiger partial charge in [-0.3, -0.25) is 0 Å². The van der Waals surface area contributed by atoms with E-state index in [1.807, 2.05) is 0 Å². The quantitative estimate of drug-likeness (QED) is 0.100. The number of H-pyrrole nitrogens is 4. The summed E-state index contributed by atoms with van der Waals surface area (Å²) in [6.07, 6.45) is 0. The number of halogens is 2. The molecule has 0 saturated carbocycles. The Kier molecular flexibility index (Phi) is 16.5. The van der Waals surface area contributed by atoms with Gasteiger partial charge in [0.05, 0.1) is 0 Å². The molecule has 0 aliphatic heterocycles. The number of rotatable bonds is 4. The standard InChI is InChI=1S/4C17H12N.2ClH.2Ti/c4*1-2-6-13-10-15(9-12(13)5-1)17-11-14-7-3-4-8-16(14)18-17;;;;/h4*1-11,18H;2*1H;;/q4*-1;;;2*+2/p-2. The zero-order valence-electron chi connectivity index (χ0n) is 41.2. The fourth-order valence-electron chi connectivity index (χ4n) is 10.1. The Bertz CT molecular complexity index is 3380. The van der Waals surface area contributed by atoms with Crippen LogP contribution in [0.15, 0.2) is 267 Å². The second-order valence-electron chi connectivity index (χ2n) is 18.6. The smallest absolute Gasteiger partial charge is 1.00 e. The van der Waals surface area contributed by atoms with E-state index in [-0.39, 0.29) is 68.2 Å². The fraction of sp³-hybridized carbons (Fsp3) is 0. The van der Waals surface area contributed by atoms with Gasteiger partial charge in [0.2, 0.25) is 0 Å². The van der Waals surface area contributed by atoms with Crippen LogP contribution < -0.4 is 24.8 Å². The van der Waals surface area contributed by atoms with Gasteiger partial charge in [0.1, 0.15) is 0 Å². The van der Waals surface area contributed by atoms with E-state index in [0.717, 1.165) is 0 Å². The van der Waals surface area contributed by atoms with Gasteiger partial charge in [-0.25, -0.2) is 0 Å². The molecule has 12 aromatic carbocycles. The monoisotopic (exact) mass is 1090 g/mol. The molecule has 4 N–H and O–H groups in total. The molecule has 0 unspecified atom stereocenters. The maximum absolute atomic E-state index is 3.47. The summed E-state index contributed by atoms with van der Waals surface area (Å²) in [6, 6.07) is 94.1. The van der Waals surface area contributed by atoms with Crippen molar-refractivity contribution in [1.82, 2.24) is 19.9 Å². The van der Waals surface area contributed by atoms with Gasteiger partial charge in [0.25, 0.3) is 0 Å². The molecule has 0 aliphatic carbocycles. The van der Waals surface area contributed by atoms with Crippen molar-refractivity contribution in [3.63, 3.8) is 0 Å². The third-order valence-corrected chi connectivity index (χ3v) is 13.8. The number of benzene rings is 8. The molecule has 4 aromatic heterocycles. The van der Waals surface area contributed by atoms with Crippen molar-refractivity contribution in [1.29, 1.82) is 0 Å². The number of aromatic nitrogens is 4. The first kappa shape index (κ1) is 53.2. The summed E-state index contributed by atoms with van der Waals surface area (Å²) in [5.74, 6) is 0. The Morgan fingerprint density at radius 2 is 0.395 bits per heavy atom. The average molecular weight is 1090 g/mol. The van der Waals surface area contributed by atoms with E-state index < -0.39 is 0 Å². The summed E-state index contributed by atoms with van der Waals surface area (Å²) in [5.41, 5.74) is 14.5. The van der Waals surface area contributed by atoms with Gasteiger partial charge in [-0.1, -0.05) is 170 Å². The molecule has 0 fully saturated rings. The van der Waals surface area contributed by atoms with E-state index in [1.165, 1.54) is 132 Å². The van der Waals surface area contributed by atoms with Crippen molar-refractivity contribution in [2.75, 3.05) is 0 Å². The molecule has 4 heterocycles. The largest absolute Gasteiger partial charge is 2.00 e. The van der Waals surface area contributed by atoms with Gasteiger partial charge in [-0.05, 0) is 68.6 Å². The van der Waals surface area contributed by atoms with Crippen molar-refractivity contribution in [2.45, 2.75) is 0 Å². The van der Waals surface area contributed by atoms with Crippen molar-refractivity contribution in [3.8, 4) is 45.0 Å². The van der Waals surface area contributed by atoms with Crippen LogP contribution in [-0.2, 0) is 43.4 Å². The van der Waals surface area contributed by atoms with Crippen LogP contribution in [0.4, 0.5) is 0 Å². The van der Waals surface area contributed by atoms with Crippen LogP contribution in [0, 0.1) is 0 Å². The first-order valence-electron chi connectivity index (χ1n) is 24.5. The summed E-state index contributed by atoms with van der Waals surface area (Å²) in [6.45, 7) is 0. The molecule has 76 heavy (non-hydrogen) atoms. The third kappa shape index (κ3) is 11.0. The summed E-state index contributed by atoms with van der Waals surface area (Å²) in [4.78, 5) is 13.9. The van der Waals surface area contributed by atoms with Gasteiger partial charge < -0.3 is 44.7 Å². The van der Waals surface area contributed by atoms with E-state index in [2.05, 4.69) is 287 Å². The number of aromatic amines is 4. The molecule has 0 bridgehead atoms. The maximum Gasteiger partial charge on any atom is 2.00 e. The van der Waals surface area contributed by atoms with Crippen LogP contribution in [-0.4, -0.2) is 19.9 Å².